The summed E-state index contributed by atoms with van der Waals surface area (Å²) in [6.07, 6.45) is 0. The van der Waals surface area contributed by atoms with Gasteiger partial charge in [-0.25, -0.2) is 4.98 Å². The molecule has 0 aliphatic carbocycles. The normalized spacial score (nSPS) is 13.6. The van der Waals surface area contributed by atoms with E-state index in [9.17, 15) is 9.59 Å². The number of nitrogens with one attached hydrogen (secondary N) is 2. The number of fused-ring (bicyclic) bond motifs is 1. The minimum absolute atomic E-state index is 0.00651. The van der Waals surface area contributed by atoms with Crippen molar-refractivity contribution in [3.05, 3.63) is 28.0 Å². The molecule has 0 aromatic carbocycles. The van der Waals surface area contributed by atoms with Crippen molar-refractivity contribution >= 4 is 28.3 Å². The average molecular weight is 391 g/mol. The fourth-order valence-electron chi connectivity index (χ4n) is 3.05. The van der Waals surface area contributed by atoms with Gasteiger partial charge in [-0.15, -0.1) is 0 Å². The summed E-state index contributed by atoms with van der Waals surface area (Å²) in [6, 6.07) is 1.96. The van der Waals surface area contributed by atoms with Crippen LogP contribution in [0.2, 0.25) is 0 Å². The number of hydrogen-bond donors (Lipinski definition) is 2. The van der Waals surface area contributed by atoms with Gasteiger partial charge in [-0.2, -0.15) is 5.10 Å². The molecule has 146 valence electrons. The Kier molecular flexibility index (Phi) is 5.79. The van der Waals surface area contributed by atoms with Gasteiger partial charge in [0.1, 0.15) is 4.88 Å². The minimum Gasteiger partial charge on any atom is -0.362 e. The number of aryl methyl sites for hydroxylation is 1. The Hall–Kier alpha value is -2.42. The molecule has 9 heteroatoms. The zero-order valence-electron chi connectivity index (χ0n) is 16.2. The van der Waals surface area contributed by atoms with Crippen molar-refractivity contribution in [3.63, 3.8) is 0 Å². The van der Waals surface area contributed by atoms with Crippen LogP contribution in [0.25, 0.3) is 0 Å². The van der Waals surface area contributed by atoms with Crippen LogP contribution in [0.15, 0.2) is 6.07 Å². The van der Waals surface area contributed by atoms with Crippen LogP contribution in [0.3, 0.4) is 0 Å². The highest BCUT2D eigenvalue weighted by Gasteiger charge is 2.24. The predicted octanol–water partition coefficient (Wildman–Crippen LogP) is 2.01. The summed E-state index contributed by atoms with van der Waals surface area (Å²) < 4.78 is 1.92. The standard InChI is InChI=1S/C18H26N6O2S/c1-5-19-18-21-12(4)15(27-18)16(25)20-9-13-8-14-10-23(17(26)11(2)3)6-7-24(14)22-13/h8,11H,5-7,9-10H2,1-4H3,(H,19,21)(H,20,25). The summed E-state index contributed by atoms with van der Waals surface area (Å²) in [5.74, 6) is 0.0131. The van der Waals surface area contributed by atoms with Crippen LogP contribution in [0.4, 0.5) is 5.13 Å². The molecule has 0 fully saturated rings. The third-order valence-electron chi connectivity index (χ3n) is 4.41. The molecule has 0 atom stereocenters. The Morgan fingerprint density at radius 2 is 2.11 bits per heavy atom. The van der Waals surface area contributed by atoms with E-state index in [1.165, 1.54) is 11.3 Å². The number of aromatic nitrogens is 3. The van der Waals surface area contributed by atoms with Crippen molar-refractivity contribution in [3.8, 4) is 0 Å². The zero-order chi connectivity index (χ0) is 19.6. The maximum absolute atomic E-state index is 12.5. The smallest absolute Gasteiger partial charge is 0.263 e. The van der Waals surface area contributed by atoms with Crippen LogP contribution in [0, 0.1) is 12.8 Å². The van der Waals surface area contributed by atoms with E-state index in [1.54, 1.807) is 0 Å². The number of hydrogen-bond acceptors (Lipinski definition) is 6. The summed E-state index contributed by atoms with van der Waals surface area (Å²) in [5, 5.41) is 11.4. The van der Waals surface area contributed by atoms with E-state index in [0.29, 0.717) is 31.1 Å². The highest BCUT2D eigenvalue weighted by molar-refractivity contribution is 7.17. The molecule has 0 saturated carbocycles. The largest absolute Gasteiger partial charge is 0.362 e. The lowest BCUT2D eigenvalue weighted by Gasteiger charge is -2.29. The molecule has 3 rings (SSSR count). The van der Waals surface area contributed by atoms with Gasteiger partial charge in [0.2, 0.25) is 5.91 Å². The second-order valence-corrected chi connectivity index (χ2v) is 7.91. The molecule has 2 N–H and O–H groups in total. The third kappa shape index (κ3) is 4.29. The van der Waals surface area contributed by atoms with E-state index in [1.807, 2.05) is 43.3 Å². The fraction of sp³-hybridized carbons (Fsp3) is 0.556. The van der Waals surface area contributed by atoms with E-state index in [-0.39, 0.29) is 17.7 Å². The number of nitrogens with zero attached hydrogens (tertiary/aromatic N) is 4. The Labute approximate surface area is 163 Å². The van der Waals surface area contributed by atoms with Crippen molar-refractivity contribution in [2.24, 2.45) is 5.92 Å². The first-order valence-electron chi connectivity index (χ1n) is 9.23. The molecule has 0 bridgehead atoms. The monoisotopic (exact) mass is 390 g/mol. The van der Waals surface area contributed by atoms with Crippen LogP contribution in [-0.2, 0) is 24.4 Å². The van der Waals surface area contributed by atoms with E-state index < -0.39 is 0 Å². The molecule has 3 heterocycles. The second kappa shape index (κ2) is 8.08. The van der Waals surface area contributed by atoms with Crippen molar-refractivity contribution < 1.29 is 9.59 Å². The molecule has 1 aliphatic rings. The van der Waals surface area contributed by atoms with Gasteiger partial charge >= 0.3 is 0 Å². The summed E-state index contributed by atoms with van der Waals surface area (Å²) in [6.45, 7) is 10.7. The Morgan fingerprint density at radius 3 is 2.81 bits per heavy atom. The van der Waals surface area contributed by atoms with Gasteiger partial charge in [0.05, 0.1) is 36.7 Å². The molecule has 0 radical (unpaired) electrons. The van der Waals surface area contributed by atoms with Gasteiger partial charge in [-0.1, -0.05) is 25.2 Å². The summed E-state index contributed by atoms with van der Waals surface area (Å²) in [4.78, 5) is 31.5. The number of thiazole rings is 1. The van der Waals surface area contributed by atoms with Crippen LogP contribution in [0.1, 0.15) is 47.5 Å². The van der Waals surface area contributed by atoms with Crippen LogP contribution < -0.4 is 10.6 Å². The number of carbonyl (C=O) groups is 2. The van der Waals surface area contributed by atoms with Crippen molar-refractivity contribution in [1.29, 1.82) is 0 Å². The van der Waals surface area contributed by atoms with Crippen LogP contribution in [-0.4, -0.2) is 44.6 Å². The molecule has 0 unspecified atom stereocenters. The summed E-state index contributed by atoms with van der Waals surface area (Å²) in [7, 11) is 0. The van der Waals surface area contributed by atoms with Gasteiger partial charge in [0.25, 0.3) is 5.91 Å². The summed E-state index contributed by atoms with van der Waals surface area (Å²) in [5.41, 5.74) is 2.52. The zero-order valence-corrected chi connectivity index (χ0v) is 17.0. The number of rotatable bonds is 6. The van der Waals surface area contributed by atoms with Crippen molar-refractivity contribution in [2.45, 2.75) is 47.3 Å². The quantitative estimate of drug-likeness (QED) is 0.787. The number of carbonyl (C=O) groups excluding carboxylic acids is 2. The topological polar surface area (TPSA) is 92.2 Å². The second-order valence-electron chi connectivity index (χ2n) is 6.91. The van der Waals surface area contributed by atoms with E-state index >= 15 is 0 Å². The van der Waals surface area contributed by atoms with Crippen molar-refractivity contribution in [2.75, 3.05) is 18.4 Å². The summed E-state index contributed by atoms with van der Waals surface area (Å²) >= 11 is 1.36. The average Bonchev–Trinajstić information content (AvgIpc) is 3.21. The molecule has 2 aromatic heterocycles. The Morgan fingerprint density at radius 1 is 1.33 bits per heavy atom. The van der Waals surface area contributed by atoms with Crippen LogP contribution in [0.5, 0.6) is 0 Å². The Balaban J connectivity index is 1.62. The Bertz CT molecular complexity index is 841. The molecular weight excluding hydrogens is 364 g/mol. The van der Waals surface area contributed by atoms with Gasteiger partial charge in [-0.3, -0.25) is 14.3 Å². The lowest BCUT2D eigenvalue weighted by molar-refractivity contribution is -0.136. The lowest BCUT2D eigenvalue weighted by Crippen LogP contribution is -2.40. The maximum atomic E-state index is 12.5. The third-order valence-corrected chi connectivity index (χ3v) is 5.53. The molecule has 2 amide bonds. The molecule has 27 heavy (non-hydrogen) atoms. The minimum atomic E-state index is -0.142. The number of anilines is 1. The predicted molar refractivity (Wildman–Crippen MR) is 105 cm³/mol. The van der Waals surface area contributed by atoms with Crippen molar-refractivity contribution in [1.82, 2.24) is 25.0 Å². The highest BCUT2D eigenvalue weighted by Crippen LogP contribution is 2.22. The first-order chi connectivity index (χ1) is 12.9. The van der Waals surface area contributed by atoms with Crippen LogP contribution >= 0.6 is 11.3 Å². The molecule has 2 aromatic rings. The van der Waals surface area contributed by atoms with Gasteiger partial charge in [0, 0.05) is 19.0 Å². The highest BCUT2D eigenvalue weighted by atomic mass is 32.1. The molecule has 8 nitrogen and oxygen atoms in total. The first kappa shape index (κ1) is 19.3. The molecular formula is C18H26N6O2S. The SMILES string of the molecule is CCNc1nc(C)c(C(=O)NCc2cc3n(n2)CCN(C(=O)C(C)C)C3)s1. The molecule has 0 saturated heterocycles. The maximum Gasteiger partial charge on any atom is 0.263 e. The van der Waals surface area contributed by atoms with E-state index in [0.717, 1.165) is 28.8 Å². The van der Waals surface area contributed by atoms with E-state index in [2.05, 4.69) is 20.7 Å². The van der Waals surface area contributed by atoms with E-state index in [4.69, 9.17) is 0 Å². The van der Waals surface area contributed by atoms with Gasteiger partial charge in [0.15, 0.2) is 5.13 Å². The molecule has 1 aliphatic heterocycles. The molecule has 0 spiro atoms. The fourth-order valence-corrected chi connectivity index (χ4v) is 4.00. The van der Waals surface area contributed by atoms with Gasteiger partial charge in [-0.05, 0) is 19.9 Å². The first-order valence-corrected chi connectivity index (χ1v) is 10.0. The number of amides is 2. The lowest BCUT2D eigenvalue weighted by atomic mass is 10.1. The van der Waals surface area contributed by atoms with Gasteiger partial charge < -0.3 is 15.5 Å².